The number of carbonyl (C=O) groups is 2. The highest BCUT2D eigenvalue weighted by atomic mass is 16.5. The van der Waals surface area contributed by atoms with Crippen LogP contribution in [0.3, 0.4) is 0 Å². The Morgan fingerprint density at radius 2 is 1.73 bits per heavy atom. The number of ketones is 1. The zero-order valence-corrected chi connectivity index (χ0v) is 17.4. The number of rotatable bonds is 6. The van der Waals surface area contributed by atoms with Crippen molar-refractivity contribution >= 4 is 11.7 Å². The third-order valence-corrected chi connectivity index (χ3v) is 6.54. The Morgan fingerprint density at radius 1 is 1.10 bits per heavy atom. The summed E-state index contributed by atoms with van der Waals surface area (Å²) in [5.41, 5.74) is 1.86. The van der Waals surface area contributed by atoms with Gasteiger partial charge in [0.2, 0.25) is 0 Å². The molecule has 0 saturated heterocycles. The summed E-state index contributed by atoms with van der Waals surface area (Å²) in [4.78, 5) is 27.3. The van der Waals surface area contributed by atoms with E-state index in [0.717, 1.165) is 25.7 Å². The van der Waals surface area contributed by atoms with Crippen molar-refractivity contribution < 1.29 is 19.4 Å². The molecule has 0 spiro atoms. The molecule has 1 N–H and O–H groups in total. The fourth-order valence-corrected chi connectivity index (χ4v) is 5.10. The first-order valence-corrected chi connectivity index (χ1v) is 10.4. The van der Waals surface area contributed by atoms with Crippen LogP contribution >= 0.6 is 0 Å². The van der Waals surface area contributed by atoms with Gasteiger partial charge in [-0.25, -0.2) is 0 Å². The largest absolute Gasteiger partial charge is 0.503 e. The molecule has 1 saturated carbocycles. The van der Waals surface area contributed by atoms with E-state index in [2.05, 4.69) is 12.1 Å². The number of para-hydroxylation sites is 1. The van der Waals surface area contributed by atoms with E-state index >= 15 is 0 Å². The molecule has 0 bridgehead atoms. The van der Waals surface area contributed by atoms with Crippen LogP contribution < -0.4 is 4.74 Å². The summed E-state index contributed by atoms with van der Waals surface area (Å²) < 4.78 is 5.53. The molecular formula is C25H27NO4. The van der Waals surface area contributed by atoms with Gasteiger partial charge in [-0.15, -0.1) is 0 Å². The van der Waals surface area contributed by atoms with Crippen molar-refractivity contribution in [2.45, 2.75) is 44.1 Å². The van der Waals surface area contributed by atoms with E-state index in [1.165, 1.54) is 12.5 Å². The lowest BCUT2D eigenvalue weighted by Crippen LogP contribution is -2.42. The van der Waals surface area contributed by atoms with Crippen LogP contribution in [0.1, 0.15) is 49.8 Å². The molecule has 1 aliphatic carbocycles. The monoisotopic (exact) mass is 405 g/mol. The average Bonchev–Trinajstić information content (AvgIpc) is 3.34. The number of ether oxygens (including phenoxy) is 1. The Morgan fingerprint density at radius 3 is 2.37 bits per heavy atom. The molecule has 156 valence electrons. The minimum atomic E-state index is -0.660. The van der Waals surface area contributed by atoms with Crippen LogP contribution in [0.25, 0.3) is 0 Å². The highest BCUT2D eigenvalue weighted by molar-refractivity contribution is 6.08. The van der Waals surface area contributed by atoms with Gasteiger partial charge >= 0.3 is 0 Å². The van der Waals surface area contributed by atoms with Gasteiger partial charge in [-0.1, -0.05) is 61.4 Å². The number of hydrogen-bond acceptors (Lipinski definition) is 4. The molecular weight excluding hydrogens is 378 g/mol. The fourth-order valence-electron chi connectivity index (χ4n) is 5.10. The first kappa shape index (κ1) is 20.2. The van der Waals surface area contributed by atoms with E-state index < -0.39 is 17.7 Å². The first-order chi connectivity index (χ1) is 14.5. The summed E-state index contributed by atoms with van der Waals surface area (Å²) in [6, 6.07) is 17.0. The lowest BCUT2D eigenvalue weighted by atomic mass is 9.78. The van der Waals surface area contributed by atoms with Crippen molar-refractivity contribution in [1.82, 2.24) is 4.90 Å². The van der Waals surface area contributed by atoms with Crippen LogP contribution in [0.2, 0.25) is 0 Å². The highest BCUT2D eigenvalue weighted by Crippen LogP contribution is 2.47. The van der Waals surface area contributed by atoms with Crippen molar-refractivity contribution in [2.75, 3.05) is 13.7 Å². The van der Waals surface area contributed by atoms with Crippen LogP contribution in [0, 0.1) is 0 Å². The Labute approximate surface area is 177 Å². The highest BCUT2D eigenvalue weighted by Gasteiger charge is 2.48. The van der Waals surface area contributed by atoms with Gasteiger partial charge < -0.3 is 14.7 Å². The summed E-state index contributed by atoms with van der Waals surface area (Å²) >= 11 is 0. The van der Waals surface area contributed by atoms with E-state index in [1.807, 2.05) is 42.5 Å². The molecule has 2 aromatic carbocycles. The van der Waals surface area contributed by atoms with Crippen molar-refractivity contribution in [1.29, 1.82) is 0 Å². The van der Waals surface area contributed by atoms with Crippen LogP contribution in [0.15, 0.2) is 65.9 Å². The molecule has 2 aromatic rings. The smallest absolute Gasteiger partial charge is 0.290 e. The molecule has 0 aromatic heterocycles. The van der Waals surface area contributed by atoms with E-state index in [4.69, 9.17) is 4.74 Å². The number of aliphatic hydroxyl groups excluding tert-OH is 1. The topological polar surface area (TPSA) is 66.8 Å². The third kappa shape index (κ3) is 3.28. The number of amides is 1. The second-order valence-electron chi connectivity index (χ2n) is 8.25. The van der Waals surface area contributed by atoms with Crippen molar-refractivity contribution in [3.8, 4) is 5.75 Å². The Hall–Kier alpha value is -3.08. The number of aliphatic hydroxyl groups is 1. The van der Waals surface area contributed by atoms with Crippen LogP contribution in [-0.2, 0) is 15.0 Å². The minimum absolute atomic E-state index is 0.144. The summed E-state index contributed by atoms with van der Waals surface area (Å²) in [6.45, 7) is 1.84. The number of methoxy groups -OCH3 is 1. The molecule has 1 aliphatic heterocycles. The maximum Gasteiger partial charge on any atom is 0.290 e. The zero-order valence-electron chi connectivity index (χ0n) is 17.4. The second kappa shape index (κ2) is 7.98. The molecule has 5 nitrogen and oxygen atoms in total. The average molecular weight is 405 g/mol. The number of Topliss-reactive ketones (excluding diaryl/α,β-unsaturated/α-hetero) is 1. The van der Waals surface area contributed by atoms with Gasteiger partial charge in [0.25, 0.3) is 5.91 Å². The Balaban J connectivity index is 1.81. The molecule has 1 amide bonds. The quantitative estimate of drug-likeness (QED) is 0.769. The van der Waals surface area contributed by atoms with Gasteiger partial charge in [0, 0.05) is 17.5 Å². The summed E-state index contributed by atoms with van der Waals surface area (Å²) in [5, 5.41) is 10.6. The number of benzene rings is 2. The first-order valence-electron chi connectivity index (χ1n) is 10.4. The third-order valence-electron chi connectivity index (χ3n) is 6.54. The van der Waals surface area contributed by atoms with E-state index in [0.29, 0.717) is 17.9 Å². The lowest BCUT2D eigenvalue weighted by Gasteiger charge is -2.37. The number of nitrogens with zero attached hydrogens (tertiary/aromatic N) is 1. The second-order valence-corrected chi connectivity index (χ2v) is 8.25. The Bertz CT molecular complexity index is 989. The van der Waals surface area contributed by atoms with Gasteiger partial charge in [-0.3, -0.25) is 9.59 Å². The van der Waals surface area contributed by atoms with Crippen molar-refractivity contribution in [3.05, 3.63) is 77.1 Å². The predicted molar refractivity (Wildman–Crippen MR) is 114 cm³/mol. The summed E-state index contributed by atoms with van der Waals surface area (Å²) in [5.74, 6) is -0.647. The van der Waals surface area contributed by atoms with Gasteiger partial charge in [-0.2, -0.15) is 0 Å². The van der Waals surface area contributed by atoms with Gasteiger partial charge in [-0.05, 0) is 31.4 Å². The minimum Gasteiger partial charge on any atom is -0.503 e. The van der Waals surface area contributed by atoms with Crippen molar-refractivity contribution in [2.24, 2.45) is 0 Å². The fraction of sp³-hybridized carbons (Fsp3) is 0.360. The molecule has 4 rings (SSSR count). The standard InChI is InChI=1S/C25H27NO4/c1-17(27)21-22(19-12-6-7-13-20(19)30-2)26(24(29)23(21)28)16-25(14-8-9-15-25)18-10-4-3-5-11-18/h3-7,10-13,22,28H,8-9,14-16H2,1-2H3. The molecule has 1 fully saturated rings. The molecule has 2 aliphatic rings. The summed E-state index contributed by atoms with van der Waals surface area (Å²) in [7, 11) is 1.57. The van der Waals surface area contributed by atoms with Gasteiger partial charge in [0.05, 0.1) is 18.7 Å². The van der Waals surface area contributed by atoms with E-state index in [-0.39, 0.29) is 16.8 Å². The van der Waals surface area contributed by atoms with E-state index in [9.17, 15) is 14.7 Å². The van der Waals surface area contributed by atoms with E-state index in [1.54, 1.807) is 12.0 Å². The van der Waals surface area contributed by atoms with Crippen LogP contribution in [-0.4, -0.2) is 35.4 Å². The normalized spacial score (nSPS) is 20.7. The molecule has 1 atom stereocenters. The molecule has 1 unspecified atom stereocenters. The molecule has 0 radical (unpaired) electrons. The van der Waals surface area contributed by atoms with Crippen LogP contribution in [0.5, 0.6) is 5.75 Å². The number of hydrogen-bond donors (Lipinski definition) is 1. The van der Waals surface area contributed by atoms with Crippen molar-refractivity contribution in [3.63, 3.8) is 0 Å². The summed E-state index contributed by atoms with van der Waals surface area (Å²) in [6.07, 6.45) is 4.12. The van der Waals surface area contributed by atoms with Gasteiger partial charge in [0.15, 0.2) is 11.5 Å². The predicted octanol–water partition coefficient (Wildman–Crippen LogP) is 4.49. The molecule has 30 heavy (non-hydrogen) atoms. The maximum absolute atomic E-state index is 13.2. The Kier molecular flexibility index (Phi) is 5.37. The van der Waals surface area contributed by atoms with Gasteiger partial charge in [0.1, 0.15) is 5.75 Å². The zero-order chi connectivity index (χ0) is 21.3. The maximum atomic E-state index is 13.2. The molecule has 5 heteroatoms. The number of carbonyl (C=O) groups excluding carboxylic acids is 2. The molecule has 1 heterocycles. The lowest BCUT2D eigenvalue weighted by molar-refractivity contribution is -0.130. The SMILES string of the molecule is COc1ccccc1C1C(C(C)=O)=C(O)C(=O)N1CC1(c2ccccc2)CCCC1. The van der Waals surface area contributed by atoms with Crippen LogP contribution in [0.4, 0.5) is 0 Å².